The van der Waals surface area contributed by atoms with E-state index in [0.717, 1.165) is 5.56 Å². The molecule has 2 N–H and O–H groups in total. The lowest BCUT2D eigenvalue weighted by atomic mass is 9.93. The summed E-state index contributed by atoms with van der Waals surface area (Å²) in [6, 6.07) is 17.8. The quantitative estimate of drug-likeness (QED) is 0.358. The second-order valence-electron chi connectivity index (χ2n) is 7.78. The minimum absolute atomic E-state index is 0.00189. The molecule has 0 bridgehead atoms. The van der Waals surface area contributed by atoms with Crippen molar-refractivity contribution in [2.75, 3.05) is 12.0 Å². The van der Waals surface area contributed by atoms with E-state index in [9.17, 15) is 19.8 Å². The van der Waals surface area contributed by atoms with E-state index in [1.54, 1.807) is 62.6 Å². The fourth-order valence-corrected chi connectivity index (χ4v) is 4.06. The van der Waals surface area contributed by atoms with E-state index in [2.05, 4.69) is 0 Å². The number of rotatable bonds is 4. The molecule has 1 amide bonds. The number of phenols is 1. The summed E-state index contributed by atoms with van der Waals surface area (Å²) in [4.78, 5) is 27.7. The van der Waals surface area contributed by atoms with Crippen LogP contribution in [0.2, 0.25) is 0 Å². The fourth-order valence-electron chi connectivity index (χ4n) is 4.06. The molecule has 32 heavy (non-hydrogen) atoms. The van der Waals surface area contributed by atoms with Gasteiger partial charge >= 0.3 is 0 Å². The number of Topliss-reactive ketones (excluding diaryl/α,β-unsaturated/α-hetero) is 1. The molecular weight excluding hydrogens is 406 g/mol. The van der Waals surface area contributed by atoms with Gasteiger partial charge in [0.25, 0.3) is 11.7 Å². The molecule has 0 radical (unpaired) electrons. The summed E-state index contributed by atoms with van der Waals surface area (Å²) in [5.41, 5.74) is 3.06. The predicted molar refractivity (Wildman–Crippen MR) is 122 cm³/mol. The molecule has 1 aliphatic rings. The topological polar surface area (TPSA) is 87.1 Å². The van der Waals surface area contributed by atoms with Gasteiger partial charge in [0.05, 0.1) is 18.7 Å². The maximum atomic E-state index is 13.2. The van der Waals surface area contributed by atoms with Gasteiger partial charge in [-0.1, -0.05) is 24.3 Å². The molecule has 0 aliphatic carbocycles. The first-order chi connectivity index (χ1) is 15.3. The number of carbonyl (C=O) groups is 2. The van der Waals surface area contributed by atoms with E-state index in [0.29, 0.717) is 28.1 Å². The zero-order valence-electron chi connectivity index (χ0n) is 18.0. The van der Waals surface area contributed by atoms with Crippen molar-refractivity contribution in [3.8, 4) is 11.5 Å². The summed E-state index contributed by atoms with van der Waals surface area (Å²) in [6.45, 7) is 3.68. The Morgan fingerprint density at radius 1 is 0.969 bits per heavy atom. The monoisotopic (exact) mass is 429 g/mol. The van der Waals surface area contributed by atoms with Gasteiger partial charge in [0, 0.05) is 11.3 Å². The summed E-state index contributed by atoms with van der Waals surface area (Å²) in [5, 5.41) is 21.3. The third kappa shape index (κ3) is 3.60. The molecule has 1 heterocycles. The van der Waals surface area contributed by atoms with Gasteiger partial charge in [0.2, 0.25) is 0 Å². The molecular formula is C26H23NO5. The smallest absolute Gasteiger partial charge is 0.300 e. The van der Waals surface area contributed by atoms with Crippen molar-refractivity contribution in [3.63, 3.8) is 0 Å². The largest absolute Gasteiger partial charge is 0.508 e. The molecule has 162 valence electrons. The van der Waals surface area contributed by atoms with Crippen LogP contribution in [-0.2, 0) is 9.59 Å². The van der Waals surface area contributed by atoms with Crippen molar-refractivity contribution in [1.82, 2.24) is 0 Å². The third-order valence-corrected chi connectivity index (χ3v) is 5.60. The van der Waals surface area contributed by atoms with Gasteiger partial charge in [0.15, 0.2) is 0 Å². The fraction of sp³-hybridized carbons (Fsp3) is 0.154. The number of aliphatic hydroxyl groups is 1. The predicted octanol–water partition coefficient (Wildman–Crippen LogP) is 4.64. The normalized spacial score (nSPS) is 17.6. The molecule has 3 aromatic carbocycles. The van der Waals surface area contributed by atoms with E-state index in [4.69, 9.17) is 4.74 Å². The molecule has 0 saturated carbocycles. The lowest BCUT2D eigenvalue weighted by Gasteiger charge is -2.26. The zero-order chi connectivity index (χ0) is 23.0. The lowest BCUT2D eigenvalue weighted by molar-refractivity contribution is -0.132. The van der Waals surface area contributed by atoms with E-state index < -0.39 is 17.7 Å². The van der Waals surface area contributed by atoms with E-state index in [1.807, 2.05) is 13.0 Å². The summed E-state index contributed by atoms with van der Waals surface area (Å²) in [5.74, 6) is -1.18. The van der Waals surface area contributed by atoms with E-state index in [-0.39, 0.29) is 17.1 Å². The average Bonchev–Trinajstić information content (AvgIpc) is 3.04. The first-order valence-electron chi connectivity index (χ1n) is 10.1. The Kier molecular flexibility index (Phi) is 5.45. The van der Waals surface area contributed by atoms with Gasteiger partial charge < -0.3 is 14.9 Å². The Morgan fingerprint density at radius 3 is 2.38 bits per heavy atom. The molecule has 4 rings (SSSR count). The molecule has 1 fully saturated rings. The number of hydrogen-bond acceptors (Lipinski definition) is 5. The van der Waals surface area contributed by atoms with Gasteiger partial charge in [-0.05, 0) is 73.0 Å². The van der Waals surface area contributed by atoms with Crippen molar-refractivity contribution in [3.05, 3.63) is 94.6 Å². The number of carbonyl (C=O) groups excluding carboxylic acids is 2. The molecule has 6 nitrogen and oxygen atoms in total. The van der Waals surface area contributed by atoms with Crippen molar-refractivity contribution in [2.45, 2.75) is 19.9 Å². The minimum Gasteiger partial charge on any atom is -0.508 e. The van der Waals surface area contributed by atoms with Crippen LogP contribution in [0.15, 0.2) is 72.3 Å². The highest BCUT2D eigenvalue weighted by Crippen LogP contribution is 2.43. The van der Waals surface area contributed by atoms with Crippen LogP contribution < -0.4 is 9.64 Å². The number of benzene rings is 3. The Morgan fingerprint density at radius 2 is 1.72 bits per heavy atom. The molecule has 1 saturated heterocycles. The number of phenolic OH excluding ortho intramolecular Hbond substituents is 1. The SMILES string of the molecule is COc1ccc(/C(O)=C2/C(=O)C(=O)N(c3cccc(C)c3)C2c2cccc(O)c2)c(C)c1. The van der Waals surface area contributed by atoms with Gasteiger partial charge in [-0.2, -0.15) is 0 Å². The maximum absolute atomic E-state index is 13.2. The Balaban J connectivity index is 1.97. The second-order valence-corrected chi connectivity index (χ2v) is 7.78. The van der Waals surface area contributed by atoms with Gasteiger partial charge in [-0.25, -0.2) is 0 Å². The number of ketones is 1. The Hall–Kier alpha value is -4.06. The van der Waals surface area contributed by atoms with Crippen molar-refractivity contribution < 1.29 is 24.5 Å². The summed E-state index contributed by atoms with van der Waals surface area (Å²) >= 11 is 0. The standard InChI is InChI=1S/C26H23NO5/c1-15-6-4-8-18(12-15)27-23(17-7-5-9-19(28)14-17)22(25(30)26(27)31)24(29)21-11-10-20(32-3)13-16(21)2/h4-14,23,28-29H,1-3H3/b24-22-. The first-order valence-corrected chi connectivity index (χ1v) is 10.1. The molecule has 1 aliphatic heterocycles. The van der Waals surface area contributed by atoms with Crippen molar-refractivity contribution >= 4 is 23.1 Å². The minimum atomic E-state index is -0.898. The number of nitrogens with zero attached hydrogens (tertiary/aromatic N) is 1. The Labute approximate surface area is 186 Å². The maximum Gasteiger partial charge on any atom is 0.300 e. The second kappa shape index (κ2) is 8.23. The third-order valence-electron chi connectivity index (χ3n) is 5.60. The summed E-state index contributed by atoms with van der Waals surface area (Å²) < 4.78 is 5.23. The van der Waals surface area contributed by atoms with Gasteiger partial charge in [-0.15, -0.1) is 0 Å². The van der Waals surface area contributed by atoms with Gasteiger partial charge in [-0.3, -0.25) is 14.5 Å². The number of aromatic hydroxyl groups is 1. The number of anilines is 1. The number of aryl methyl sites for hydroxylation is 2. The van der Waals surface area contributed by atoms with Crippen molar-refractivity contribution in [2.24, 2.45) is 0 Å². The van der Waals surface area contributed by atoms with Crippen LogP contribution >= 0.6 is 0 Å². The highest BCUT2D eigenvalue weighted by Gasteiger charge is 2.47. The highest BCUT2D eigenvalue weighted by atomic mass is 16.5. The van der Waals surface area contributed by atoms with Crippen LogP contribution in [0.1, 0.15) is 28.3 Å². The lowest BCUT2D eigenvalue weighted by Crippen LogP contribution is -2.29. The molecule has 3 aromatic rings. The van der Waals surface area contributed by atoms with Crippen LogP contribution in [0, 0.1) is 13.8 Å². The summed E-state index contributed by atoms with van der Waals surface area (Å²) in [6.07, 6.45) is 0. The van der Waals surface area contributed by atoms with Gasteiger partial charge in [0.1, 0.15) is 17.3 Å². The van der Waals surface area contributed by atoms with E-state index >= 15 is 0 Å². The van der Waals surface area contributed by atoms with Crippen LogP contribution in [0.25, 0.3) is 5.76 Å². The zero-order valence-corrected chi connectivity index (χ0v) is 18.0. The average molecular weight is 429 g/mol. The van der Waals surface area contributed by atoms with Crippen LogP contribution in [0.3, 0.4) is 0 Å². The molecule has 1 atom stereocenters. The molecule has 0 aromatic heterocycles. The van der Waals surface area contributed by atoms with Crippen LogP contribution in [0.4, 0.5) is 5.69 Å². The van der Waals surface area contributed by atoms with E-state index in [1.165, 1.54) is 17.0 Å². The Bertz CT molecular complexity index is 1260. The van der Waals surface area contributed by atoms with Crippen LogP contribution in [-0.4, -0.2) is 29.0 Å². The number of aliphatic hydroxyl groups excluding tert-OH is 1. The van der Waals surface area contributed by atoms with Crippen molar-refractivity contribution in [1.29, 1.82) is 0 Å². The molecule has 1 unspecified atom stereocenters. The first kappa shape index (κ1) is 21.2. The highest BCUT2D eigenvalue weighted by molar-refractivity contribution is 6.51. The number of ether oxygens (including phenoxy) is 1. The number of methoxy groups -OCH3 is 1. The van der Waals surface area contributed by atoms with Crippen LogP contribution in [0.5, 0.6) is 11.5 Å². The number of hydrogen-bond donors (Lipinski definition) is 2. The molecule has 0 spiro atoms. The number of amides is 1. The summed E-state index contributed by atoms with van der Waals surface area (Å²) in [7, 11) is 1.55. The molecule has 6 heteroatoms.